The van der Waals surface area contributed by atoms with Crippen LogP contribution in [0.1, 0.15) is 0 Å². The minimum atomic E-state index is -0.938. The Morgan fingerprint density at radius 1 is 1.58 bits per heavy atom. The van der Waals surface area contributed by atoms with E-state index < -0.39 is 5.97 Å². The van der Waals surface area contributed by atoms with Crippen LogP contribution in [0.2, 0.25) is 0 Å². The Morgan fingerprint density at radius 2 is 2.17 bits per heavy atom. The average Bonchev–Trinajstić information content (AvgIpc) is 1.97. The van der Waals surface area contributed by atoms with E-state index in [1.54, 1.807) is 0 Å². The van der Waals surface area contributed by atoms with Gasteiger partial charge in [0.15, 0.2) is 0 Å². The van der Waals surface area contributed by atoms with Crippen molar-refractivity contribution in [1.29, 1.82) is 0 Å². The number of carbonyl (C=O) groups is 1. The standard InChI is InChI=1S/C8H16N2O2/c1-7(8(11)12)6-9-4-5-10(2)3/h9H,1,4-6H2,2-3H3,(H,11,12). The second kappa shape index (κ2) is 5.74. The highest BCUT2D eigenvalue weighted by atomic mass is 16.4. The zero-order valence-electron chi connectivity index (χ0n) is 7.63. The average molecular weight is 172 g/mol. The summed E-state index contributed by atoms with van der Waals surface area (Å²) in [6, 6.07) is 0. The Labute approximate surface area is 72.9 Å². The largest absolute Gasteiger partial charge is 0.478 e. The topological polar surface area (TPSA) is 52.6 Å². The molecule has 0 atom stereocenters. The maximum absolute atomic E-state index is 10.3. The zero-order chi connectivity index (χ0) is 9.56. The lowest BCUT2D eigenvalue weighted by molar-refractivity contribution is -0.132. The lowest BCUT2D eigenvalue weighted by atomic mass is 10.3. The van der Waals surface area contributed by atoms with Crippen molar-refractivity contribution in [3.05, 3.63) is 12.2 Å². The third-order valence-corrected chi connectivity index (χ3v) is 1.38. The van der Waals surface area contributed by atoms with Gasteiger partial charge in [-0.2, -0.15) is 0 Å². The highest BCUT2D eigenvalue weighted by Crippen LogP contribution is 1.85. The molecule has 0 saturated carbocycles. The molecule has 0 saturated heterocycles. The van der Waals surface area contributed by atoms with Gasteiger partial charge in [0.1, 0.15) is 0 Å². The predicted octanol–water partition coefficient (Wildman–Crippen LogP) is -0.222. The molecule has 0 aliphatic heterocycles. The molecular weight excluding hydrogens is 156 g/mol. The minimum absolute atomic E-state index is 0.203. The summed E-state index contributed by atoms with van der Waals surface area (Å²) in [4.78, 5) is 12.3. The first-order valence-corrected chi connectivity index (χ1v) is 3.80. The fourth-order valence-corrected chi connectivity index (χ4v) is 0.618. The molecule has 0 spiro atoms. The zero-order valence-corrected chi connectivity index (χ0v) is 7.63. The van der Waals surface area contributed by atoms with Crippen LogP contribution >= 0.6 is 0 Å². The van der Waals surface area contributed by atoms with Gasteiger partial charge in [0.05, 0.1) is 0 Å². The van der Waals surface area contributed by atoms with Crippen LogP contribution in [0.15, 0.2) is 12.2 Å². The first-order chi connectivity index (χ1) is 5.54. The minimum Gasteiger partial charge on any atom is -0.478 e. The lowest BCUT2D eigenvalue weighted by Gasteiger charge is -2.09. The number of rotatable bonds is 6. The third-order valence-electron chi connectivity index (χ3n) is 1.38. The molecule has 0 heterocycles. The summed E-state index contributed by atoms with van der Waals surface area (Å²) in [5, 5.41) is 11.4. The van der Waals surface area contributed by atoms with E-state index in [1.807, 2.05) is 19.0 Å². The van der Waals surface area contributed by atoms with E-state index in [4.69, 9.17) is 5.11 Å². The molecular formula is C8H16N2O2. The highest BCUT2D eigenvalue weighted by molar-refractivity contribution is 5.86. The Balaban J connectivity index is 3.32. The fourth-order valence-electron chi connectivity index (χ4n) is 0.618. The van der Waals surface area contributed by atoms with Gasteiger partial charge >= 0.3 is 5.97 Å². The normalized spacial score (nSPS) is 10.2. The van der Waals surface area contributed by atoms with Gasteiger partial charge in [-0.15, -0.1) is 0 Å². The quantitative estimate of drug-likeness (QED) is 0.429. The molecule has 0 aromatic rings. The van der Waals surface area contributed by atoms with Crippen molar-refractivity contribution in [2.45, 2.75) is 0 Å². The van der Waals surface area contributed by atoms with Gasteiger partial charge in [-0.25, -0.2) is 4.79 Å². The second-order valence-electron chi connectivity index (χ2n) is 2.89. The number of nitrogens with one attached hydrogen (secondary N) is 1. The van der Waals surface area contributed by atoms with Gasteiger partial charge < -0.3 is 15.3 Å². The molecule has 70 valence electrons. The number of hydrogen-bond acceptors (Lipinski definition) is 3. The number of aliphatic carboxylic acids is 1. The van der Waals surface area contributed by atoms with Crippen LogP contribution in [0.4, 0.5) is 0 Å². The molecule has 0 aliphatic carbocycles. The van der Waals surface area contributed by atoms with Gasteiger partial charge in [-0.3, -0.25) is 0 Å². The van der Waals surface area contributed by atoms with E-state index in [0.29, 0.717) is 6.54 Å². The molecule has 4 heteroatoms. The Bertz CT molecular complexity index is 166. The molecule has 12 heavy (non-hydrogen) atoms. The summed E-state index contributed by atoms with van der Waals surface area (Å²) in [5.74, 6) is -0.938. The van der Waals surface area contributed by atoms with Crippen molar-refractivity contribution in [3.8, 4) is 0 Å². The second-order valence-corrected chi connectivity index (χ2v) is 2.89. The summed E-state index contributed by atoms with van der Waals surface area (Å²) in [6.07, 6.45) is 0. The molecule has 0 bridgehead atoms. The fraction of sp³-hybridized carbons (Fsp3) is 0.625. The van der Waals surface area contributed by atoms with Crippen LogP contribution in [-0.2, 0) is 4.79 Å². The van der Waals surface area contributed by atoms with Crippen LogP contribution in [0.25, 0.3) is 0 Å². The van der Waals surface area contributed by atoms with Gasteiger partial charge in [-0.05, 0) is 14.1 Å². The van der Waals surface area contributed by atoms with Gasteiger partial charge in [0.2, 0.25) is 0 Å². The summed E-state index contributed by atoms with van der Waals surface area (Å²) >= 11 is 0. The van der Waals surface area contributed by atoms with Crippen LogP contribution < -0.4 is 5.32 Å². The first kappa shape index (κ1) is 11.1. The summed E-state index contributed by atoms with van der Waals surface area (Å²) in [5.41, 5.74) is 0.203. The molecule has 0 aliphatic rings. The molecule has 0 aromatic carbocycles. The maximum atomic E-state index is 10.3. The highest BCUT2D eigenvalue weighted by Gasteiger charge is 2.01. The molecule has 0 unspecified atom stereocenters. The van der Waals surface area contributed by atoms with Crippen LogP contribution in [0, 0.1) is 0 Å². The number of nitrogens with zero attached hydrogens (tertiary/aromatic N) is 1. The first-order valence-electron chi connectivity index (χ1n) is 3.80. The number of carboxylic acid groups (broad SMARTS) is 1. The van der Waals surface area contributed by atoms with E-state index in [-0.39, 0.29) is 5.57 Å². The van der Waals surface area contributed by atoms with E-state index in [9.17, 15) is 4.79 Å². The van der Waals surface area contributed by atoms with Crippen molar-refractivity contribution in [3.63, 3.8) is 0 Å². The Hall–Kier alpha value is -0.870. The molecule has 0 fully saturated rings. The van der Waals surface area contributed by atoms with Crippen molar-refractivity contribution < 1.29 is 9.90 Å². The van der Waals surface area contributed by atoms with E-state index in [2.05, 4.69) is 11.9 Å². The van der Waals surface area contributed by atoms with Gasteiger partial charge in [0, 0.05) is 25.2 Å². The molecule has 0 amide bonds. The summed E-state index contributed by atoms with van der Waals surface area (Å²) < 4.78 is 0. The third kappa shape index (κ3) is 5.88. The number of carboxylic acids is 1. The Kier molecular flexibility index (Phi) is 5.32. The predicted molar refractivity (Wildman–Crippen MR) is 48.2 cm³/mol. The summed E-state index contributed by atoms with van der Waals surface area (Å²) in [7, 11) is 3.93. The molecule has 0 rings (SSSR count). The van der Waals surface area contributed by atoms with Crippen molar-refractivity contribution in [2.24, 2.45) is 0 Å². The smallest absolute Gasteiger partial charge is 0.332 e. The Morgan fingerprint density at radius 3 is 2.58 bits per heavy atom. The van der Waals surface area contributed by atoms with Crippen LogP contribution in [0.3, 0.4) is 0 Å². The molecule has 4 nitrogen and oxygen atoms in total. The van der Waals surface area contributed by atoms with Crippen molar-refractivity contribution >= 4 is 5.97 Å². The van der Waals surface area contributed by atoms with E-state index in [0.717, 1.165) is 13.1 Å². The van der Waals surface area contributed by atoms with Crippen molar-refractivity contribution in [1.82, 2.24) is 10.2 Å². The monoisotopic (exact) mass is 172 g/mol. The molecule has 0 aromatic heterocycles. The lowest BCUT2D eigenvalue weighted by Crippen LogP contribution is -2.29. The number of hydrogen-bond donors (Lipinski definition) is 2. The van der Waals surface area contributed by atoms with Crippen LogP contribution in [-0.4, -0.2) is 49.7 Å². The SMILES string of the molecule is C=C(CNCCN(C)C)C(=O)O. The van der Waals surface area contributed by atoms with Gasteiger partial charge in [0.25, 0.3) is 0 Å². The molecule has 0 radical (unpaired) electrons. The number of likely N-dealkylation sites (N-methyl/N-ethyl adjacent to an activating group) is 1. The molecule has 2 N–H and O–H groups in total. The summed E-state index contributed by atoms with van der Waals surface area (Å²) in [6.45, 7) is 5.42. The van der Waals surface area contributed by atoms with E-state index >= 15 is 0 Å². The van der Waals surface area contributed by atoms with Crippen molar-refractivity contribution in [2.75, 3.05) is 33.7 Å². The van der Waals surface area contributed by atoms with E-state index in [1.165, 1.54) is 0 Å². The van der Waals surface area contributed by atoms with Gasteiger partial charge in [-0.1, -0.05) is 6.58 Å². The maximum Gasteiger partial charge on any atom is 0.332 e. The van der Waals surface area contributed by atoms with Crippen LogP contribution in [0.5, 0.6) is 0 Å².